The number of benzene rings is 1. The summed E-state index contributed by atoms with van der Waals surface area (Å²) in [5.41, 5.74) is 1.66. The molecule has 1 aromatic carbocycles. The van der Waals surface area contributed by atoms with Crippen molar-refractivity contribution in [2.75, 3.05) is 11.9 Å². The second kappa shape index (κ2) is 7.94. The smallest absolute Gasteiger partial charge is 0.238 e. The predicted octanol–water partition coefficient (Wildman–Crippen LogP) is 2.48. The zero-order valence-corrected chi connectivity index (χ0v) is 12.8. The maximum Gasteiger partial charge on any atom is 0.238 e. The molecule has 104 valence electrons. The summed E-state index contributed by atoms with van der Waals surface area (Å²) in [7, 11) is 0. The number of carbonyl (C=O) groups is 2. The van der Waals surface area contributed by atoms with Crippen LogP contribution in [-0.4, -0.2) is 23.2 Å². The van der Waals surface area contributed by atoms with E-state index in [4.69, 9.17) is 0 Å². The maximum atomic E-state index is 11.7. The quantitative estimate of drug-likeness (QED) is 0.789. The lowest BCUT2D eigenvalue weighted by molar-refractivity contribution is -0.120. The van der Waals surface area contributed by atoms with E-state index in [2.05, 4.69) is 26.6 Å². The van der Waals surface area contributed by atoms with Crippen molar-refractivity contribution in [2.24, 2.45) is 0 Å². The molecule has 1 aromatic rings. The third-order valence-electron chi connectivity index (χ3n) is 2.60. The first-order valence-electron chi connectivity index (χ1n) is 6.37. The van der Waals surface area contributed by atoms with E-state index in [1.54, 1.807) is 0 Å². The molecule has 0 spiro atoms. The third kappa shape index (κ3) is 5.42. The van der Waals surface area contributed by atoms with Gasteiger partial charge in [-0.05, 0) is 31.0 Å². The van der Waals surface area contributed by atoms with Crippen LogP contribution in [0, 0.1) is 0 Å². The van der Waals surface area contributed by atoms with Crippen LogP contribution in [0.15, 0.2) is 24.3 Å². The molecule has 0 bridgehead atoms. The molecule has 1 rings (SSSR count). The van der Waals surface area contributed by atoms with Crippen LogP contribution >= 0.6 is 15.9 Å². The summed E-state index contributed by atoms with van der Waals surface area (Å²) in [5.74, 6) is -0.0511. The Hall–Kier alpha value is -1.36. The van der Waals surface area contributed by atoms with Gasteiger partial charge in [0, 0.05) is 12.2 Å². The number of hydrogen-bond donors (Lipinski definition) is 2. The molecule has 2 N–H and O–H groups in total. The van der Waals surface area contributed by atoms with Crippen molar-refractivity contribution in [1.29, 1.82) is 0 Å². The molecule has 0 aliphatic rings. The highest BCUT2D eigenvalue weighted by Crippen LogP contribution is 2.13. The van der Waals surface area contributed by atoms with Crippen LogP contribution in [0.3, 0.4) is 0 Å². The molecule has 0 aliphatic heterocycles. The first-order chi connectivity index (χ1) is 9.06. The minimum Gasteiger partial charge on any atom is -0.356 e. The second-order valence-electron chi connectivity index (χ2n) is 4.19. The lowest BCUT2D eigenvalue weighted by Gasteiger charge is -2.09. The fourth-order valence-electron chi connectivity index (χ4n) is 1.56. The maximum absolute atomic E-state index is 11.7. The van der Waals surface area contributed by atoms with Gasteiger partial charge in [0.15, 0.2) is 0 Å². The number of carbonyl (C=O) groups excluding carboxylic acids is 2. The summed E-state index contributed by atoms with van der Waals surface area (Å²) >= 11 is 3.30. The minimum absolute atomic E-state index is 0.00536. The van der Waals surface area contributed by atoms with Gasteiger partial charge in [-0.3, -0.25) is 9.59 Å². The molecule has 0 saturated heterocycles. The molecule has 1 atom stereocenters. The van der Waals surface area contributed by atoms with Gasteiger partial charge in [-0.2, -0.15) is 0 Å². The normalized spacial score (nSPS) is 11.7. The van der Waals surface area contributed by atoms with Crippen LogP contribution in [0.25, 0.3) is 0 Å². The monoisotopic (exact) mass is 326 g/mol. The molecule has 0 fully saturated rings. The Balaban J connectivity index is 2.56. The average Bonchev–Trinajstić information content (AvgIpc) is 2.40. The second-order valence-corrected chi connectivity index (χ2v) is 5.30. The fraction of sp³-hybridized carbons (Fsp3) is 0.429. The Bertz CT molecular complexity index is 432. The van der Waals surface area contributed by atoms with Gasteiger partial charge in [0.05, 0.1) is 11.2 Å². The Morgan fingerprint density at radius 2 is 1.84 bits per heavy atom. The molecule has 0 saturated carbocycles. The van der Waals surface area contributed by atoms with Gasteiger partial charge in [0.1, 0.15) is 0 Å². The van der Waals surface area contributed by atoms with Crippen LogP contribution in [0.5, 0.6) is 0 Å². The van der Waals surface area contributed by atoms with Gasteiger partial charge >= 0.3 is 0 Å². The van der Waals surface area contributed by atoms with E-state index >= 15 is 0 Å². The van der Waals surface area contributed by atoms with Crippen molar-refractivity contribution in [3.05, 3.63) is 29.8 Å². The van der Waals surface area contributed by atoms with Crippen molar-refractivity contribution in [3.8, 4) is 0 Å². The van der Waals surface area contributed by atoms with Crippen molar-refractivity contribution >= 4 is 33.4 Å². The van der Waals surface area contributed by atoms with Crippen LogP contribution < -0.4 is 10.6 Å². The van der Waals surface area contributed by atoms with Crippen LogP contribution in [0.4, 0.5) is 5.69 Å². The zero-order valence-electron chi connectivity index (χ0n) is 11.2. The van der Waals surface area contributed by atoms with Gasteiger partial charge in [-0.15, -0.1) is 0 Å². The highest BCUT2D eigenvalue weighted by atomic mass is 79.9. The van der Waals surface area contributed by atoms with Gasteiger partial charge in [-0.25, -0.2) is 0 Å². The van der Waals surface area contributed by atoms with E-state index in [0.717, 1.165) is 17.7 Å². The van der Waals surface area contributed by atoms with Crippen LogP contribution in [0.1, 0.15) is 25.8 Å². The predicted molar refractivity (Wildman–Crippen MR) is 80.5 cm³/mol. The van der Waals surface area contributed by atoms with Crippen molar-refractivity contribution < 1.29 is 9.59 Å². The number of nitrogens with one attached hydrogen (secondary N) is 2. The largest absolute Gasteiger partial charge is 0.356 e. The SMILES string of the molecule is CCNC(=O)Cc1ccc(NC(=O)C(Br)CC)cc1. The summed E-state index contributed by atoms with van der Waals surface area (Å²) in [5, 5.41) is 5.56. The Labute approximate surface area is 122 Å². The molecular weight excluding hydrogens is 308 g/mol. The number of hydrogen-bond acceptors (Lipinski definition) is 2. The Morgan fingerprint density at radius 3 is 2.37 bits per heavy atom. The summed E-state index contributed by atoms with van der Waals surface area (Å²) in [4.78, 5) is 22.9. The first-order valence-corrected chi connectivity index (χ1v) is 7.29. The number of alkyl halides is 1. The van der Waals surface area contributed by atoms with E-state index in [9.17, 15) is 9.59 Å². The van der Waals surface area contributed by atoms with Gasteiger partial charge in [0.25, 0.3) is 0 Å². The molecule has 0 aromatic heterocycles. The topological polar surface area (TPSA) is 58.2 Å². The Morgan fingerprint density at radius 1 is 1.21 bits per heavy atom. The first kappa shape index (κ1) is 15.7. The molecule has 0 aliphatic carbocycles. The molecule has 1 unspecified atom stereocenters. The molecule has 0 radical (unpaired) electrons. The van der Waals surface area contributed by atoms with E-state index in [-0.39, 0.29) is 16.6 Å². The molecule has 0 heterocycles. The number of likely N-dealkylation sites (N-methyl/N-ethyl adjacent to an activating group) is 1. The number of halogens is 1. The standard InChI is InChI=1S/C14H19BrN2O2/c1-3-12(15)14(19)17-11-7-5-10(6-8-11)9-13(18)16-4-2/h5-8,12H,3-4,9H2,1-2H3,(H,16,18)(H,17,19). The number of anilines is 1. The highest BCUT2D eigenvalue weighted by Gasteiger charge is 2.12. The van der Waals surface area contributed by atoms with Crippen LogP contribution in [-0.2, 0) is 16.0 Å². The van der Waals surface area contributed by atoms with Crippen molar-refractivity contribution in [1.82, 2.24) is 5.32 Å². The molecule has 19 heavy (non-hydrogen) atoms. The summed E-state index contributed by atoms with van der Waals surface area (Å²) in [6.45, 7) is 4.46. The van der Waals surface area contributed by atoms with Gasteiger partial charge in [-0.1, -0.05) is 35.0 Å². The molecule has 5 heteroatoms. The highest BCUT2D eigenvalue weighted by molar-refractivity contribution is 9.10. The Kier molecular flexibility index (Phi) is 6.56. The third-order valence-corrected chi connectivity index (χ3v) is 3.67. The number of rotatable bonds is 6. The lowest BCUT2D eigenvalue weighted by Crippen LogP contribution is -2.24. The fourth-order valence-corrected chi connectivity index (χ4v) is 1.67. The van der Waals surface area contributed by atoms with Crippen molar-refractivity contribution in [2.45, 2.75) is 31.5 Å². The average molecular weight is 327 g/mol. The summed E-state index contributed by atoms with van der Waals surface area (Å²) < 4.78 is 0. The van der Waals surface area contributed by atoms with E-state index < -0.39 is 0 Å². The summed E-state index contributed by atoms with van der Waals surface area (Å²) in [6, 6.07) is 7.31. The van der Waals surface area contributed by atoms with Crippen LogP contribution in [0.2, 0.25) is 0 Å². The zero-order chi connectivity index (χ0) is 14.3. The lowest BCUT2D eigenvalue weighted by atomic mass is 10.1. The van der Waals surface area contributed by atoms with Gasteiger partial charge < -0.3 is 10.6 Å². The van der Waals surface area contributed by atoms with Gasteiger partial charge in [0.2, 0.25) is 11.8 Å². The van der Waals surface area contributed by atoms with E-state index in [0.29, 0.717) is 13.0 Å². The molecular formula is C14H19BrN2O2. The number of amides is 2. The molecule has 2 amide bonds. The summed E-state index contributed by atoms with van der Waals surface area (Å²) in [6.07, 6.45) is 1.10. The molecule has 4 nitrogen and oxygen atoms in total. The van der Waals surface area contributed by atoms with E-state index in [1.807, 2.05) is 38.1 Å². The van der Waals surface area contributed by atoms with Crippen molar-refractivity contribution in [3.63, 3.8) is 0 Å². The van der Waals surface area contributed by atoms with E-state index in [1.165, 1.54) is 0 Å². The minimum atomic E-state index is -0.178.